The van der Waals surface area contributed by atoms with Gasteiger partial charge in [0.15, 0.2) is 5.82 Å². The van der Waals surface area contributed by atoms with Crippen molar-refractivity contribution in [3.05, 3.63) is 29.0 Å². The Kier molecular flexibility index (Phi) is 1.04. The van der Waals surface area contributed by atoms with Crippen LogP contribution in [0.5, 0.6) is 0 Å². The lowest BCUT2D eigenvalue weighted by Gasteiger charge is -1.92. The fourth-order valence-corrected chi connectivity index (χ4v) is 0.851. The van der Waals surface area contributed by atoms with E-state index in [-0.39, 0.29) is 40.6 Å². The van der Waals surface area contributed by atoms with Crippen LogP contribution in [0.1, 0.15) is 5.48 Å². The first kappa shape index (κ1) is 4.13. The van der Waals surface area contributed by atoms with Gasteiger partial charge in [0.05, 0.1) is 5.48 Å². The number of imidazole rings is 1. The minimum Gasteiger partial charge on any atom is -0.343 e. The number of nitrogens with one attached hydrogen (secondary N) is 1. The molecule has 0 aliphatic heterocycles. The van der Waals surface area contributed by atoms with Gasteiger partial charge in [-0.3, -0.25) is 0 Å². The largest absolute Gasteiger partial charge is 0.343 e. The van der Waals surface area contributed by atoms with Crippen LogP contribution in [-0.2, 0) is 0 Å². The summed E-state index contributed by atoms with van der Waals surface area (Å²) >= 11 is 2.99. The van der Waals surface area contributed by atoms with Crippen LogP contribution < -0.4 is 0 Å². The molecule has 2 aromatic rings. The maximum atomic E-state index is 7.65. The van der Waals surface area contributed by atoms with Crippen LogP contribution >= 0.6 is 15.9 Å². The van der Waals surface area contributed by atoms with Crippen molar-refractivity contribution in [3.8, 4) is 11.5 Å². The van der Waals surface area contributed by atoms with Gasteiger partial charge in [-0.2, -0.15) is 0 Å². The molecule has 0 bridgehead atoms. The lowest BCUT2D eigenvalue weighted by molar-refractivity contribution is 0.999. The van der Waals surface area contributed by atoms with Gasteiger partial charge in [0.2, 0.25) is 0 Å². The van der Waals surface area contributed by atoms with Crippen molar-refractivity contribution < 1.29 is 5.48 Å². The molecule has 0 radical (unpaired) electrons. The molecule has 60 valence electrons. The zero-order valence-electron chi connectivity index (χ0n) is 9.72. The molecule has 2 aromatic heterocycles. The minimum absolute atomic E-state index is 0.0557. The number of nitrogens with zero attached hydrogens (tertiary/aromatic N) is 3. The normalized spacial score (nSPS) is 14.8. The Morgan fingerprint density at radius 1 is 1.42 bits per heavy atom. The third-order valence-corrected chi connectivity index (χ3v) is 1.51. The summed E-state index contributed by atoms with van der Waals surface area (Å²) in [5.41, 5.74) is 0.0557. The molecule has 0 amide bonds. The van der Waals surface area contributed by atoms with E-state index in [0.29, 0.717) is 0 Å². The van der Waals surface area contributed by atoms with Crippen LogP contribution in [0.3, 0.4) is 0 Å². The van der Waals surface area contributed by atoms with Gasteiger partial charge in [0.1, 0.15) is 10.3 Å². The number of H-pyrrole nitrogens is 1. The van der Waals surface area contributed by atoms with Crippen molar-refractivity contribution >= 4 is 15.9 Å². The predicted octanol–water partition coefficient (Wildman–Crippen LogP) is 1.63. The zero-order chi connectivity index (χ0) is 11.9. The summed E-state index contributed by atoms with van der Waals surface area (Å²) in [7, 11) is 0. The predicted molar refractivity (Wildman–Crippen MR) is 47.3 cm³/mol. The number of hydrogen-bond donors (Lipinski definition) is 1. The first-order chi connectivity index (χ1) is 7.50. The summed E-state index contributed by atoms with van der Waals surface area (Å²) in [5, 5.41) is 7.33. The number of rotatable bonds is 1. The summed E-state index contributed by atoms with van der Waals surface area (Å²) in [5.74, 6) is 0.105. The second-order valence-electron chi connectivity index (χ2n) is 1.91. The van der Waals surface area contributed by atoms with Crippen LogP contribution in [-0.4, -0.2) is 20.2 Å². The van der Waals surface area contributed by atoms with Gasteiger partial charge >= 0.3 is 0 Å². The first-order valence-electron chi connectivity index (χ1n) is 5.03. The third-order valence-electron chi connectivity index (χ3n) is 1.15. The second-order valence-corrected chi connectivity index (χ2v) is 2.66. The summed E-state index contributed by atoms with van der Waals surface area (Å²) in [4.78, 5) is 6.21. The van der Waals surface area contributed by atoms with Crippen molar-refractivity contribution in [2.75, 3.05) is 0 Å². The molecular formula is C7H5BrN4. The van der Waals surface area contributed by atoms with Crippen molar-refractivity contribution in [3.63, 3.8) is 0 Å². The van der Waals surface area contributed by atoms with E-state index in [1.54, 1.807) is 0 Å². The molecule has 0 saturated carbocycles. The van der Waals surface area contributed by atoms with Crippen molar-refractivity contribution in [1.82, 2.24) is 20.2 Å². The summed E-state index contributed by atoms with van der Waals surface area (Å²) in [6, 6.07) is -0.268. The Labute approximate surface area is 82.8 Å². The molecule has 0 aliphatic carbocycles. The molecule has 0 aromatic carbocycles. The molecule has 0 spiro atoms. The zero-order valence-corrected chi connectivity index (χ0v) is 7.31. The molecule has 0 fully saturated rings. The second kappa shape index (κ2) is 3.02. The van der Waals surface area contributed by atoms with Gasteiger partial charge in [0, 0.05) is 12.3 Å². The highest BCUT2D eigenvalue weighted by molar-refractivity contribution is 9.10. The van der Waals surface area contributed by atoms with Gasteiger partial charge in [-0.15, -0.1) is 10.2 Å². The lowest BCUT2D eigenvalue weighted by Crippen LogP contribution is -1.88. The Balaban J connectivity index is 2.61. The Bertz CT molecular complexity index is 536. The van der Waals surface area contributed by atoms with Crippen LogP contribution in [0, 0.1) is 0 Å². The molecule has 0 atom stereocenters. The minimum atomic E-state index is -0.231. The van der Waals surface area contributed by atoms with E-state index in [9.17, 15) is 0 Å². The molecule has 0 saturated heterocycles. The molecule has 0 unspecified atom stereocenters. The van der Waals surface area contributed by atoms with E-state index in [1.807, 2.05) is 0 Å². The van der Waals surface area contributed by atoms with Crippen LogP contribution in [0.4, 0.5) is 0 Å². The van der Waals surface area contributed by atoms with Crippen LogP contribution in [0.25, 0.3) is 11.5 Å². The maximum Gasteiger partial charge on any atom is 0.157 e. The van der Waals surface area contributed by atoms with Crippen molar-refractivity contribution in [2.24, 2.45) is 0 Å². The fraction of sp³-hybridized carbons (Fsp3) is 0. The van der Waals surface area contributed by atoms with E-state index in [4.69, 9.17) is 5.48 Å². The monoisotopic (exact) mass is 228 g/mol. The highest BCUT2D eigenvalue weighted by Crippen LogP contribution is 2.11. The molecule has 4 nitrogen and oxygen atoms in total. The summed E-state index contributed by atoms with van der Waals surface area (Å²) in [6.07, 6.45) is -0.392. The number of hydrogen-bond acceptors (Lipinski definition) is 3. The van der Waals surface area contributed by atoms with Crippen molar-refractivity contribution in [1.29, 1.82) is 0 Å². The molecule has 2 rings (SSSR count). The average molecular weight is 229 g/mol. The van der Waals surface area contributed by atoms with Gasteiger partial charge in [-0.1, -0.05) is 0 Å². The van der Waals surface area contributed by atoms with Crippen LogP contribution in [0.2, 0.25) is 0 Å². The first-order valence-corrected chi connectivity index (χ1v) is 3.83. The number of aromatic amines is 1. The fourth-order valence-electron chi connectivity index (χ4n) is 0.672. The van der Waals surface area contributed by atoms with Gasteiger partial charge in [0.25, 0.3) is 0 Å². The number of aromatic nitrogens is 4. The molecule has 2 heterocycles. The maximum absolute atomic E-state index is 7.65. The number of halogens is 1. The Morgan fingerprint density at radius 2 is 2.33 bits per heavy atom. The highest BCUT2D eigenvalue weighted by Gasteiger charge is 2.00. The summed E-state index contributed by atoms with van der Waals surface area (Å²) < 4.78 is 29.9. The molecular weight excluding hydrogens is 220 g/mol. The van der Waals surface area contributed by atoms with Gasteiger partial charge < -0.3 is 4.98 Å². The molecule has 5 heteroatoms. The standard InChI is InChI=1S/C7H5BrN4/c8-6-2-1-5(11-12-6)7-9-3-4-10-7/h1-4H,(H,9,10)/i1D,2D,3D,4D. The van der Waals surface area contributed by atoms with E-state index < -0.39 is 0 Å². The molecule has 12 heavy (non-hydrogen) atoms. The van der Waals surface area contributed by atoms with E-state index >= 15 is 0 Å². The lowest BCUT2D eigenvalue weighted by atomic mass is 10.4. The Hall–Kier alpha value is -1.23. The van der Waals surface area contributed by atoms with E-state index in [2.05, 4.69) is 36.1 Å². The van der Waals surface area contributed by atoms with Crippen molar-refractivity contribution in [2.45, 2.75) is 0 Å². The molecule has 1 N–H and O–H groups in total. The average Bonchev–Trinajstić information content (AvgIpc) is 2.56. The van der Waals surface area contributed by atoms with Crippen LogP contribution in [0.15, 0.2) is 29.0 Å². The molecule has 0 aliphatic rings. The quantitative estimate of drug-likeness (QED) is 0.808. The highest BCUT2D eigenvalue weighted by atomic mass is 79.9. The SMILES string of the molecule is [2H]c1nc(-c2nnc(Br)c([2H])c2[2H])[nH]c1[2H]. The van der Waals surface area contributed by atoms with E-state index in [1.165, 1.54) is 0 Å². The third kappa shape index (κ3) is 1.35. The topological polar surface area (TPSA) is 54.5 Å². The van der Waals surface area contributed by atoms with E-state index in [0.717, 1.165) is 0 Å². The smallest absolute Gasteiger partial charge is 0.157 e. The van der Waals surface area contributed by atoms with Gasteiger partial charge in [-0.25, -0.2) is 4.98 Å². The Morgan fingerprint density at radius 3 is 3.08 bits per heavy atom. The summed E-state index contributed by atoms with van der Waals surface area (Å²) in [6.45, 7) is 0. The van der Waals surface area contributed by atoms with Gasteiger partial charge in [-0.05, 0) is 28.0 Å².